The molecule has 0 saturated heterocycles. The summed E-state index contributed by atoms with van der Waals surface area (Å²) < 4.78 is 15.9. The molecular formula is C27H23N3O3S. The second-order valence-corrected chi connectivity index (χ2v) is 8.62. The van der Waals surface area contributed by atoms with Crippen LogP contribution in [-0.2, 0) is 0 Å². The molecule has 0 radical (unpaired) electrons. The Morgan fingerprint density at radius 1 is 0.559 bits per heavy atom. The fourth-order valence-electron chi connectivity index (χ4n) is 3.80. The van der Waals surface area contributed by atoms with Gasteiger partial charge in [-0.15, -0.1) is 11.3 Å². The molecule has 0 fully saturated rings. The molecule has 0 amide bonds. The number of anilines is 1. The zero-order valence-electron chi connectivity index (χ0n) is 19.0. The summed E-state index contributed by atoms with van der Waals surface area (Å²) in [5.74, 6) is 2.75. The van der Waals surface area contributed by atoms with Crippen LogP contribution in [0.2, 0.25) is 0 Å². The molecule has 0 spiro atoms. The Labute approximate surface area is 201 Å². The summed E-state index contributed by atoms with van der Waals surface area (Å²) in [6, 6.07) is 23.6. The lowest BCUT2D eigenvalue weighted by Gasteiger charge is -2.08. The van der Waals surface area contributed by atoms with Crippen LogP contribution < -0.4 is 19.9 Å². The smallest absolute Gasteiger partial charge is 0.150 e. The van der Waals surface area contributed by atoms with Crippen molar-refractivity contribution in [2.45, 2.75) is 0 Å². The molecule has 0 aliphatic carbocycles. The van der Waals surface area contributed by atoms with Crippen molar-refractivity contribution in [3.63, 3.8) is 0 Å². The molecule has 0 aliphatic heterocycles. The third-order valence-electron chi connectivity index (χ3n) is 5.62. The number of hydrogen-bond donors (Lipinski definition) is 1. The van der Waals surface area contributed by atoms with Crippen LogP contribution in [0.3, 0.4) is 0 Å². The number of nitrogens with zero attached hydrogens (tertiary/aromatic N) is 2. The number of ether oxygens (including phenoxy) is 3. The average molecular weight is 470 g/mol. The standard InChI is InChI=1S/C27H23N3O3S/c1-31-19-10-4-16(5-11-19)22-27(28)30-24-23(29-22)25(17-6-12-20(32-2)13-7-17)34-26(24)18-8-14-21(33-3)15-9-18/h4-15H,1-3H3,(H2,28,30). The number of benzene rings is 3. The van der Waals surface area contributed by atoms with Crippen LogP contribution in [-0.4, -0.2) is 31.3 Å². The number of thiophene rings is 1. The first-order chi connectivity index (χ1) is 16.6. The molecule has 2 aromatic heterocycles. The van der Waals surface area contributed by atoms with Crippen molar-refractivity contribution in [2.24, 2.45) is 0 Å². The van der Waals surface area contributed by atoms with Gasteiger partial charge in [0.25, 0.3) is 0 Å². The molecule has 2 N–H and O–H groups in total. The van der Waals surface area contributed by atoms with Gasteiger partial charge in [-0.1, -0.05) is 0 Å². The molecule has 0 unspecified atom stereocenters. The van der Waals surface area contributed by atoms with E-state index in [1.165, 1.54) is 0 Å². The van der Waals surface area contributed by atoms with E-state index >= 15 is 0 Å². The van der Waals surface area contributed by atoms with Gasteiger partial charge < -0.3 is 19.9 Å². The van der Waals surface area contributed by atoms with E-state index in [0.29, 0.717) is 11.5 Å². The van der Waals surface area contributed by atoms with Crippen molar-refractivity contribution in [3.8, 4) is 49.4 Å². The summed E-state index contributed by atoms with van der Waals surface area (Å²) in [6.07, 6.45) is 0. The van der Waals surface area contributed by atoms with Gasteiger partial charge in [0.1, 0.15) is 34.0 Å². The van der Waals surface area contributed by atoms with Crippen LogP contribution in [0, 0.1) is 0 Å². The maximum absolute atomic E-state index is 6.43. The lowest BCUT2D eigenvalue weighted by molar-refractivity contribution is 0.415. The van der Waals surface area contributed by atoms with Gasteiger partial charge in [0.05, 0.1) is 31.1 Å². The fraction of sp³-hybridized carbons (Fsp3) is 0.111. The predicted molar refractivity (Wildman–Crippen MR) is 138 cm³/mol. The second kappa shape index (κ2) is 9.03. The third kappa shape index (κ3) is 3.91. The Morgan fingerprint density at radius 2 is 0.941 bits per heavy atom. The van der Waals surface area contributed by atoms with E-state index in [0.717, 1.165) is 54.7 Å². The Morgan fingerprint density at radius 3 is 1.35 bits per heavy atom. The van der Waals surface area contributed by atoms with Crippen molar-refractivity contribution in [1.82, 2.24) is 9.97 Å². The highest BCUT2D eigenvalue weighted by Gasteiger charge is 2.20. The van der Waals surface area contributed by atoms with E-state index in [-0.39, 0.29) is 0 Å². The maximum Gasteiger partial charge on any atom is 0.150 e. The van der Waals surface area contributed by atoms with Gasteiger partial charge in [-0.05, 0) is 83.9 Å². The highest BCUT2D eigenvalue weighted by atomic mass is 32.1. The molecule has 3 aromatic carbocycles. The first-order valence-electron chi connectivity index (χ1n) is 10.6. The number of fused-ring (bicyclic) bond motifs is 1. The van der Waals surface area contributed by atoms with Gasteiger partial charge in [-0.3, -0.25) is 0 Å². The van der Waals surface area contributed by atoms with Crippen LogP contribution in [0.25, 0.3) is 43.2 Å². The molecule has 170 valence electrons. The highest BCUT2D eigenvalue weighted by Crippen LogP contribution is 2.44. The maximum atomic E-state index is 6.43. The minimum absolute atomic E-state index is 0.381. The number of nitrogen functional groups attached to an aromatic ring is 1. The fourth-order valence-corrected chi connectivity index (χ4v) is 4.99. The summed E-state index contributed by atoms with van der Waals surface area (Å²) in [6.45, 7) is 0. The van der Waals surface area contributed by atoms with Crippen LogP contribution in [0.15, 0.2) is 72.8 Å². The number of methoxy groups -OCH3 is 3. The predicted octanol–water partition coefficient (Wildman–Crippen LogP) is 6.30. The number of aromatic nitrogens is 2. The quantitative estimate of drug-likeness (QED) is 0.314. The first-order valence-corrected chi connectivity index (χ1v) is 11.5. The zero-order chi connectivity index (χ0) is 23.7. The molecule has 0 aliphatic rings. The van der Waals surface area contributed by atoms with Crippen molar-refractivity contribution in [3.05, 3.63) is 72.8 Å². The van der Waals surface area contributed by atoms with Crippen LogP contribution in [0.5, 0.6) is 17.2 Å². The van der Waals surface area contributed by atoms with Crippen LogP contribution >= 0.6 is 11.3 Å². The molecule has 5 aromatic rings. The van der Waals surface area contributed by atoms with E-state index in [9.17, 15) is 0 Å². The Bertz CT molecular complexity index is 1440. The Kier molecular flexibility index (Phi) is 5.77. The number of nitrogens with two attached hydrogens (primary N) is 1. The van der Waals surface area contributed by atoms with Crippen LogP contribution in [0.1, 0.15) is 0 Å². The molecular weight excluding hydrogens is 446 g/mol. The largest absolute Gasteiger partial charge is 0.497 e. The van der Waals surface area contributed by atoms with Gasteiger partial charge >= 0.3 is 0 Å². The SMILES string of the molecule is COc1ccc(-c2nc3c(-c4ccc(OC)cc4)sc(-c4ccc(OC)cc4)c3nc2N)cc1. The molecule has 0 saturated carbocycles. The molecule has 2 heterocycles. The van der Waals surface area contributed by atoms with Crippen molar-refractivity contribution in [2.75, 3.05) is 27.1 Å². The molecule has 7 heteroatoms. The van der Waals surface area contributed by atoms with Crippen molar-refractivity contribution in [1.29, 1.82) is 0 Å². The normalized spacial score (nSPS) is 10.9. The van der Waals surface area contributed by atoms with E-state index in [4.69, 9.17) is 29.9 Å². The van der Waals surface area contributed by atoms with Gasteiger partial charge in [-0.25, -0.2) is 9.97 Å². The third-order valence-corrected chi connectivity index (χ3v) is 6.89. The molecule has 5 rings (SSSR count). The van der Waals surface area contributed by atoms with E-state index in [1.54, 1.807) is 32.7 Å². The van der Waals surface area contributed by atoms with E-state index < -0.39 is 0 Å². The second-order valence-electron chi connectivity index (χ2n) is 7.60. The zero-order valence-corrected chi connectivity index (χ0v) is 19.8. The molecule has 34 heavy (non-hydrogen) atoms. The average Bonchev–Trinajstić information content (AvgIpc) is 3.26. The molecule has 0 bridgehead atoms. The van der Waals surface area contributed by atoms with E-state index in [1.807, 2.05) is 72.8 Å². The minimum atomic E-state index is 0.381. The van der Waals surface area contributed by atoms with Crippen molar-refractivity contribution < 1.29 is 14.2 Å². The van der Waals surface area contributed by atoms with Crippen molar-refractivity contribution >= 4 is 28.2 Å². The highest BCUT2D eigenvalue weighted by molar-refractivity contribution is 7.20. The summed E-state index contributed by atoms with van der Waals surface area (Å²) in [5.41, 5.74) is 11.6. The molecule has 6 nitrogen and oxygen atoms in total. The first kappa shape index (κ1) is 21.7. The summed E-state index contributed by atoms with van der Waals surface area (Å²) in [5, 5.41) is 0. The Hall–Kier alpha value is -4.10. The number of rotatable bonds is 6. The van der Waals surface area contributed by atoms with Gasteiger partial charge in [-0.2, -0.15) is 0 Å². The van der Waals surface area contributed by atoms with Crippen LogP contribution in [0.4, 0.5) is 5.82 Å². The topological polar surface area (TPSA) is 79.5 Å². The summed E-state index contributed by atoms with van der Waals surface area (Å²) in [4.78, 5) is 11.9. The molecule has 0 atom stereocenters. The van der Waals surface area contributed by atoms with Gasteiger partial charge in [0.15, 0.2) is 5.82 Å². The lowest BCUT2D eigenvalue weighted by Crippen LogP contribution is -1.98. The van der Waals surface area contributed by atoms with Gasteiger partial charge in [0.2, 0.25) is 0 Å². The summed E-state index contributed by atoms with van der Waals surface area (Å²) in [7, 11) is 4.96. The lowest BCUT2D eigenvalue weighted by atomic mass is 10.1. The summed E-state index contributed by atoms with van der Waals surface area (Å²) >= 11 is 1.64. The number of hydrogen-bond acceptors (Lipinski definition) is 7. The Balaban J connectivity index is 1.73. The monoisotopic (exact) mass is 469 g/mol. The minimum Gasteiger partial charge on any atom is -0.497 e. The van der Waals surface area contributed by atoms with Gasteiger partial charge in [0, 0.05) is 5.56 Å². The van der Waals surface area contributed by atoms with E-state index in [2.05, 4.69) is 0 Å².